The number of aromatic nitrogens is 1. The van der Waals surface area contributed by atoms with E-state index in [1.165, 1.54) is 12.1 Å². The lowest BCUT2D eigenvalue weighted by Gasteiger charge is -2.16. The van der Waals surface area contributed by atoms with Crippen molar-refractivity contribution in [2.45, 2.75) is 32.2 Å². The summed E-state index contributed by atoms with van der Waals surface area (Å²) in [5.41, 5.74) is 1.81. The zero-order valence-electron chi connectivity index (χ0n) is 13.9. The quantitative estimate of drug-likeness (QED) is 0.711. The Morgan fingerprint density at radius 2 is 2.00 bits per heavy atom. The van der Waals surface area contributed by atoms with Gasteiger partial charge in [-0.2, -0.15) is 0 Å². The number of carboxylic acids is 1. The molecule has 24 heavy (non-hydrogen) atoms. The lowest BCUT2D eigenvalue weighted by Crippen LogP contribution is -2.19. The van der Waals surface area contributed by atoms with E-state index in [0.717, 1.165) is 43.5 Å². The Hall–Kier alpha value is -2.27. The zero-order chi connectivity index (χ0) is 17.4. The number of aryl methyl sites for hydroxylation is 1. The third kappa shape index (κ3) is 5.74. The Morgan fingerprint density at radius 1 is 1.21 bits per heavy atom. The molecule has 2 aromatic rings. The summed E-state index contributed by atoms with van der Waals surface area (Å²) in [7, 11) is 1.99. The number of halogens is 1. The van der Waals surface area contributed by atoms with Gasteiger partial charge in [0.1, 0.15) is 5.82 Å². The summed E-state index contributed by atoms with van der Waals surface area (Å²) >= 11 is 0. The van der Waals surface area contributed by atoms with E-state index < -0.39 is 5.97 Å². The van der Waals surface area contributed by atoms with E-state index >= 15 is 0 Å². The molecule has 0 bridgehead atoms. The van der Waals surface area contributed by atoms with E-state index in [9.17, 15) is 9.18 Å². The van der Waals surface area contributed by atoms with Gasteiger partial charge in [-0.25, -0.2) is 9.18 Å². The molecule has 0 aliphatic rings. The monoisotopic (exact) mass is 330 g/mol. The smallest absolute Gasteiger partial charge is 0.335 e. The fourth-order valence-electron chi connectivity index (χ4n) is 2.61. The van der Waals surface area contributed by atoms with Crippen molar-refractivity contribution in [3.63, 3.8) is 0 Å². The van der Waals surface area contributed by atoms with Crippen molar-refractivity contribution in [2.24, 2.45) is 0 Å². The van der Waals surface area contributed by atoms with E-state index in [0.29, 0.717) is 6.54 Å². The minimum Gasteiger partial charge on any atom is -0.478 e. The van der Waals surface area contributed by atoms with E-state index in [1.54, 1.807) is 18.3 Å². The highest BCUT2D eigenvalue weighted by Gasteiger charge is 2.06. The first-order valence-corrected chi connectivity index (χ1v) is 8.16. The number of nitrogens with zero attached hydrogens (tertiary/aromatic N) is 2. The lowest BCUT2D eigenvalue weighted by atomic mass is 10.1. The second-order valence-electron chi connectivity index (χ2n) is 5.98. The maximum Gasteiger partial charge on any atom is 0.335 e. The van der Waals surface area contributed by atoms with Gasteiger partial charge in [0.15, 0.2) is 0 Å². The molecule has 4 nitrogen and oxygen atoms in total. The Balaban J connectivity index is 1.67. The van der Waals surface area contributed by atoms with Crippen LogP contribution in [-0.2, 0) is 13.0 Å². The van der Waals surface area contributed by atoms with Crippen molar-refractivity contribution in [1.82, 2.24) is 9.88 Å². The number of carboxylic acid groups (broad SMARTS) is 1. The maximum atomic E-state index is 13.6. The van der Waals surface area contributed by atoms with Gasteiger partial charge in [-0.05, 0) is 51.1 Å². The number of aromatic carboxylic acids is 1. The molecule has 0 amide bonds. The van der Waals surface area contributed by atoms with Crippen LogP contribution in [0.2, 0.25) is 0 Å². The molecule has 0 atom stereocenters. The highest BCUT2D eigenvalue weighted by Crippen LogP contribution is 2.11. The normalized spacial score (nSPS) is 11.0. The minimum absolute atomic E-state index is 0.159. The first-order chi connectivity index (χ1) is 11.6. The van der Waals surface area contributed by atoms with Gasteiger partial charge < -0.3 is 10.0 Å². The van der Waals surface area contributed by atoms with Gasteiger partial charge in [-0.3, -0.25) is 4.98 Å². The van der Waals surface area contributed by atoms with Crippen molar-refractivity contribution in [2.75, 3.05) is 13.6 Å². The number of hydrogen-bond donors (Lipinski definition) is 1. The molecule has 0 saturated carbocycles. The molecule has 0 spiro atoms. The third-order valence-corrected chi connectivity index (χ3v) is 3.93. The van der Waals surface area contributed by atoms with Crippen molar-refractivity contribution >= 4 is 5.97 Å². The highest BCUT2D eigenvalue weighted by molar-refractivity contribution is 5.87. The molecule has 2 rings (SSSR count). The fraction of sp³-hybridized carbons (Fsp3) is 0.368. The number of carbonyl (C=O) groups is 1. The van der Waals surface area contributed by atoms with Crippen LogP contribution in [-0.4, -0.2) is 34.6 Å². The lowest BCUT2D eigenvalue weighted by molar-refractivity contribution is 0.0696. The van der Waals surface area contributed by atoms with Crippen LogP contribution in [0.15, 0.2) is 42.6 Å². The number of hydrogen-bond acceptors (Lipinski definition) is 3. The van der Waals surface area contributed by atoms with E-state index in [4.69, 9.17) is 5.11 Å². The molecule has 128 valence electrons. The summed E-state index contributed by atoms with van der Waals surface area (Å²) in [6.07, 6.45) is 5.33. The minimum atomic E-state index is -0.923. The topological polar surface area (TPSA) is 53.4 Å². The molecule has 0 aliphatic carbocycles. The van der Waals surface area contributed by atoms with E-state index in [-0.39, 0.29) is 11.4 Å². The van der Waals surface area contributed by atoms with Crippen molar-refractivity contribution in [3.05, 3.63) is 65.2 Å². The Bertz CT molecular complexity index is 676. The summed E-state index contributed by atoms with van der Waals surface area (Å²) in [6, 6.07) is 9.99. The highest BCUT2D eigenvalue weighted by atomic mass is 19.1. The van der Waals surface area contributed by atoms with Gasteiger partial charge in [0.2, 0.25) is 0 Å². The number of unbranched alkanes of at least 4 members (excludes halogenated alkanes) is 2. The molecule has 0 saturated heterocycles. The van der Waals surface area contributed by atoms with Gasteiger partial charge in [0.05, 0.1) is 5.56 Å². The molecule has 1 N–H and O–H groups in total. The molecule has 0 fully saturated rings. The second-order valence-corrected chi connectivity index (χ2v) is 5.98. The Morgan fingerprint density at radius 3 is 2.75 bits per heavy atom. The van der Waals surface area contributed by atoms with Gasteiger partial charge in [-0.15, -0.1) is 0 Å². The van der Waals surface area contributed by atoms with Crippen LogP contribution in [0.5, 0.6) is 0 Å². The van der Waals surface area contributed by atoms with Crippen LogP contribution in [0.25, 0.3) is 0 Å². The van der Waals surface area contributed by atoms with Crippen LogP contribution >= 0.6 is 0 Å². The van der Waals surface area contributed by atoms with Crippen LogP contribution in [0.1, 0.15) is 40.9 Å². The SMILES string of the molecule is CN(CCCCCc1cc(C(=O)O)ccn1)Cc1ccccc1F. The van der Waals surface area contributed by atoms with Crippen LogP contribution < -0.4 is 0 Å². The third-order valence-electron chi connectivity index (χ3n) is 3.93. The van der Waals surface area contributed by atoms with Crippen LogP contribution in [0, 0.1) is 5.82 Å². The van der Waals surface area contributed by atoms with Crippen LogP contribution in [0.3, 0.4) is 0 Å². The average Bonchev–Trinajstić information content (AvgIpc) is 2.57. The Kier molecular flexibility index (Phi) is 6.88. The largest absolute Gasteiger partial charge is 0.478 e. The number of benzene rings is 1. The van der Waals surface area contributed by atoms with Gasteiger partial charge >= 0.3 is 5.97 Å². The summed E-state index contributed by atoms with van der Waals surface area (Å²) in [5.74, 6) is -1.08. The van der Waals surface area contributed by atoms with Crippen molar-refractivity contribution in [3.8, 4) is 0 Å². The first-order valence-electron chi connectivity index (χ1n) is 8.16. The summed E-state index contributed by atoms with van der Waals surface area (Å²) < 4.78 is 13.6. The molecule has 0 radical (unpaired) electrons. The molecule has 1 aromatic heterocycles. The first kappa shape index (κ1) is 18.1. The molecule has 0 aliphatic heterocycles. The zero-order valence-corrected chi connectivity index (χ0v) is 13.9. The average molecular weight is 330 g/mol. The molecule has 0 unspecified atom stereocenters. The summed E-state index contributed by atoms with van der Waals surface area (Å²) in [6.45, 7) is 1.51. The predicted molar refractivity (Wildman–Crippen MR) is 91.5 cm³/mol. The molecule has 5 heteroatoms. The molecular weight excluding hydrogens is 307 g/mol. The van der Waals surface area contributed by atoms with Gasteiger partial charge in [-0.1, -0.05) is 24.6 Å². The fourth-order valence-corrected chi connectivity index (χ4v) is 2.61. The predicted octanol–water partition coefficient (Wildman–Crippen LogP) is 3.76. The molecule has 1 aromatic carbocycles. The summed E-state index contributed by atoms with van der Waals surface area (Å²) in [5, 5.41) is 8.96. The number of rotatable bonds is 9. The maximum absolute atomic E-state index is 13.6. The van der Waals surface area contributed by atoms with Crippen LogP contribution in [0.4, 0.5) is 4.39 Å². The Labute approximate surface area is 142 Å². The van der Waals surface area contributed by atoms with E-state index in [1.807, 2.05) is 19.2 Å². The van der Waals surface area contributed by atoms with E-state index in [2.05, 4.69) is 9.88 Å². The van der Waals surface area contributed by atoms with Gasteiger partial charge in [0, 0.05) is 24.0 Å². The molecule has 1 heterocycles. The second kappa shape index (κ2) is 9.13. The van der Waals surface area contributed by atoms with Crippen molar-refractivity contribution < 1.29 is 14.3 Å². The standard InChI is InChI=1S/C19H23FN2O2/c1-22(14-16-7-4-5-9-18(16)20)12-6-2-3-8-17-13-15(19(23)24)10-11-21-17/h4-5,7,9-11,13H,2-3,6,8,12,14H2,1H3,(H,23,24). The van der Waals surface area contributed by atoms with Gasteiger partial charge in [0.25, 0.3) is 0 Å². The summed E-state index contributed by atoms with van der Waals surface area (Å²) in [4.78, 5) is 17.2. The van der Waals surface area contributed by atoms with Crippen molar-refractivity contribution in [1.29, 1.82) is 0 Å². The molecular formula is C19H23FN2O2. The number of pyridine rings is 1.